The Morgan fingerprint density at radius 2 is 1.71 bits per heavy atom. The number of rotatable bonds is 7. The van der Waals surface area contributed by atoms with Crippen LogP contribution in [0.15, 0.2) is 30.3 Å². The molecule has 10 heteroatoms. The summed E-state index contributed by atoms with van der Waals surface area (Å²) in [5.41, 5.74) is 1.40. The third-order valence-corrected chi connectivity index (χ3v) is 10.00. The van der Waals surface area contributed by atoms with Crippen LogP contribution in [0, 0.1) is 17.2 Å². The molecule has 8 nitrogen and oxygen atoms in total. The minimum absolute atomic E-state index is 0. The third-order valence-electron chi connectivity index (χ3n) is 8.91. The van der Waals surface area contributed by atoms with Gasteiger partial charge in [-0.2, -0.15) is 5.26 Å². The van der Waals surface area contributed by atoms with Crippen LogP contribution in [-0.2, 0) is 0 Å². The minimum Gasteiger partial charge on any atom is -0.493 e. The van der Waals surface area contributed by atoms with Crippen molar-refractivity contribution in [3.63, 3.8) is 0 Å². The summed E-state index contributed by atoms with van der Waals surface area (Å²) in [6, 6.07) is 13.3. The van der Waals surface area contributed by atoms with Gasteiger partial charge in [0.25, 0.3) is 0 Å². The van der Waals surface area contributed by atoms with Crippen molar-refractivity contribution in [1.82, 2.24) is 9.80 Å². The number of thiophene rings is 1. The van der Waals surface area contributed by atoms with E-state index in [1.165, 1.54) is 37.1 Å². The maximum Gasteiger partial charge on any atom is 0.407 e. The van der Waals surface area contributed by atoms with E-state index in [1.54, 1.807) is 30.5 Å². The Morgan fingerprint density at radius 3 is 2.37 bits per heavy atom. The molecular formula is C31H41ClN4O4S. The first kappa shape index (κ1) is 31.0. The summed E-state index contributed by atoms with van der Waals surface area (Å²) in [6.07, 6.45) is 9.30. The molecule has 0 saturated carbocycles. The molecule has 2 aromatic rings. The van der Waals surface area contributed by atoms with Gasteiger partial charge in [0.2, 0.25) is 0 Å². The minimum atomic E-state index is -0.780. The number of piperidine rings is 3. The van der Waals surface area contributed by atoms with E-state index in [0.29, 0.717) is 48.2 Å². The predicted octanol–water partition coefficient (Wildman–Crippen LogP) is 6.46. The zero-order valence-corrected chi connectivity index (χ0v) is 25.6. The van der Waals surface area contributed by atoms with Crippen LogP contribution in [0.4, 0.5) is 9.80 Å². The molecule has 0 bridgehead atoms. The Kier molecular flexibility index (Phi) is 10.8. The maximum atomic E-state index is 11.4. The Bertz CT molecular complexity index is 1240. The highest BCUT2D eigenvalue weighted by Gasteiger charge is 2.37. The number of allylic oxidation sites excluding steroid dienone is 1. The van der Waals surface area contributed by atoms with Gasteiger partial charge in [0.05, 0.1) is 30.9 Å². The van der Waals surface area contributed by atoms with E-state index in [4.69, 9.17) is 9.47 Å². The maximum absolute atomic E-state index is 11.4. The van der Waals surface area contributed by atoms with Crippen LogP contribution in [0.1, 0.15) is 55.4 Å². The fraction of sp³-hybridized carbons (Fsp3) is 0.548. The van der Waals surface area contributed by atoms with E-state index in [0.717, 1.165) is 42.9 Å². The first-order valence-electron chi connectivity index (χ1n) is 14.4. The monoisotopic (exact) mass is 600 g/mol. The first-order valence-corrected chi connectivity index (χ1v) is 15.2. The number of likely N-dealkylation sites (tertiary alicyclic amines) is 2. The summed E-state index contributed by atoms with van der Waals surface area (Å²) >= 11 is 1.74. The lowest BCUT2D eigenvalue weighted by atomic mass is 9.82. The fourth-order valence-electron chi connectivity index (χ4n) is 6.75. The van der Waals surface area contributed by atoms with Crippen molar-refractivity contribution in [3.8, 4) is 17.6 Å². The molecule has 3 saturated heterocycles. The average molecular weight is 601 g/mol. The van der Waals surface area contributed by atoms with Gasteiger partial charge in [0.1, 0.15) is 0 Å². The molecule has 5 rings (SSSR count). The molecule has 1 aromatic heterocycles. The number of nitrogens with zero attached hydrogens (tertiary/aromatic N) is 4. The summed E-state index contributed by atoms with van der Waals surface area (Å²) in [6.45, 7) is 4.59. The zero-order valence-electron chi connectivity index (χ0n) is 24.0. The lowest BCUT2D eigenvalue weighted by molar-refractivity contribution is 0.0200. The number of anilines is 1. The van der Waals surface area contributed by atoms with Gasteiger partial charge in [-0.1, -0.05) is 6.42 Å². The van der Waals surface area contributed by atoms with Crippen LogP contribution in [0.2, 0.25) is 0 Å². The smallest absolute Gasteiger partial charge is 0.407 e. The number of ether oxygens (including phenoxy) is 2. The highest BCUT2D eigenvalue weighted by atomic mass is 35.5. The van der Waals surface area contributed by atoms with Gasteiger partial charge in [-0.15, -0.1) is 23.7 Å². The topological polar surface area (TPSA) is 89.3 Å². The van der Waals surface area contributed by atoms with Crippen molar-refractivity contribution < 1.29 is 19.4 Å². The fourth-order valence-corrected chi connectivity index (χ4v) is 7.75. The second-order valence-corrected chi connectivity index (χ2v) is 12.1. The largest absolute Gasteiger partial charge is 0.493 e. The molecule has 3 aliphatic rings. The van der Waals surface area contributed by atoms with Crippen LogP contribution in [0.3, 0.4) is 0 Å². The van der Waals surface area contributed by atoms with E-state index in [1.807, 2.05) is 24.3 Å². The average Bonchev–Trinajstić information content (AvgIpc) is 3.48. The van der Waals surface area contributed by atoms with Crippen LogP contribution in [0.5, 0.6) is 11.5 Å². The molecule has 3 fully saturated rings. The summed E-state index contributed by atoms with van der Waals surface area (Å²) in [5.74, 6) is 1.95. The number of hydrogen-bond donors (Lipinski definition) is 1. The molecule has 1 amide bonds. The molecule has 0 aliphatic carbocycles. The Labute approximate surface area is 253 Å². The van der Waals surface area contributed by atoms with Crippen molar-refractivity contribution in [2.75, 3.05) is 51.8 Å². The van der Waals surface area contributed by atoms with Crippen molar-refractivity contribution in [1.29, 1.82) is 5.26 Å². The van der Waals surface area contributed by atoms with Crippen molar-refractivity contribution in [3.05, 3.63) is 40.8 Å². The van der Waals surface area contributed by atoms with Gasteiger partial charge in [0, 0.05) is 43.1 Å². The van der Waals surface area contributed by atoms with Crippen LogP contribution in [-0.4, -0.2) is 80.0 Å². The van der Waals surface area contributed by atoms with Crippen molar-refractivity contribution >= 4 is 46.5 Å². The molecule has 1 aromatic carbocycles. The second-order valence-electron chi connectivity index (χ2n) is 11.0. The molecule has 1 unspecified atom stereocenters. The van der Waals surface area contributed by atoms with E-state index in [9.17, 15) is 15.2 Å². The molecular weight excluding hydrogens is 560 g/mol. The summed E-state index contributed by atoms with van der Waals surface area (Å²) in [4.78, 5) is 19.3. The molecule has 3 aliphatic heterocycles. The van der Waals surface area contributed by atoms with E-state index in [-0.39, 0.29) is 12.4 Å². The highest BCUT2D eigenvalue weighted by Crippen LogP contribution is 2.37. The van der Waals surface area contributed by atoms with Crippen LogP contribution >= 0.6 is 23.7 Å². The lowest BCUT2D eigenvalue weighted by Crippen LogP contribution is -2.55. The van der Waals surface area contributed by atoms with Gasteiger partial charge < -0.3 is 24.4 Å². The Balaban J connectivity index is 0.00000387. The number of carbonyl (C=O) groups is 1. The van der Waals surface area contributed by atoms with Gasteiger partial charge in [-0.25, -0.2) is 4.79 Å². The predicted molar refractivity (Wildman–Crippen MR) is 166 cm³/mol. The lowest BCUT2D eigenvalue weighted by Gasteiger charge is -2.48. The van der Waals surface area contributed by atoms with E-state index < -0.39 is 6.09 Å². The number of hydrogen-bond acceptors (Lipinski definition) is 7. The number of methoxy groups -OCH3 is 2. The summed E-state index contributed by atoms with van der Waals surface area (Å²) in [5, 5.41) is 20.5. The molecule has 0 radical (unpaired) electrons. The molecule has 1 N–H and O–H groups in total. The van der Waals surface area contributed by atoms with Crippen molar-refractivity contribution in [2.24, 2.45) is 5.92 Å². The number of nitriles is 1. The Hall–Kier alpha value is -2.93. The van der Waals surface area contributed by atoms with Crippen LogP contribution in [0.25, 0.3) is 11.6 Å². The normalized spacial score (nSPS) is 21.2. The van der Waals surface area contributed by atoms with Gasteiger partial charge in [-0.3, -0.25) is 4.90 Å². The van der Waals surface area contributed by atoms with Gasteiger partial charge in [-0.05, 0) is 93.0 Å². The molecule has 41 heavy (non-hydrogen) atoms. The molecule has 0 spiro atoms. The molecule has 222 valence electrons. The summed E-state index contributed by atoms with van der Waals surface area (Å²) < 4.78 is 10.8. The Morgan fingerprint density at radius 1 is 0.976 bits per heavy atom. The quantitative estimate of drug-likeness (QED) is 0.365. The standard InChI is InChI=1S/C31H40N4O4S.ClH/c1-38-28-8-6-23(20-29(28)39-2)24(21-32)19-26-7-9-30(40-26)33-15-10-22(11-16-33)27-5-3-4-14-35(27)25-12-17-34(18-13-25)31(36)37;/h6-9,19-20,22,25,27H,3-5,10-18H2,1-2H3,(H,36,37);1H/b24-19+;. The van der Waals surface area contributed by atoms with E-state index in [2.05, 4.69) is 28.0 Å². The van der Waals surface area contributed by atoms with Gasteiger partial charge in [0.15, 0.2) is 11.5 Å². The first-order chi connectivity index (χ1) is 19.5. The van der Waals surface area contributed by atoms with E-state index >= 15 is 0 Å². The molecule has 1 atom stereocenters. The number of amides is 1. The molecule has 4 heterocycles. The van der Waals surface area contributed by atoms with Gasteiger partial charge >= 0.3 is 6.09 Å². The third kappa shape index (κ3) is 7.11. The number of halogens is 1. The number of carboxylic acid groups (broad SMARTS) is 1. The SMILES string of the molecule is COc1ccc(/C(C#N)=C/c2ccc(N3CCC(C4CCCCN4C4CCN(C(=O)O)CC4)CC3)s2)cc1OC.Cl. The highest BCUT2D eigenvalue weighted by molar-refractivity contribution is 7.17. The number of benzene rings is 1. The summed E-state index contributed by atoms with van der Waals surface area (Å²) in [7, 11) is 3.20. The zero-order chi connectivity index (χ0) is 28.1. The second kappa shape index (κ2) is 14.3. The van der Waals surface area contributed by atoms with Crippen LogP contribution < -0.4 is 14.4 Å². The van der Waals surface area contributed by atoms with Crippen molar-refractivity contribution in [2.45, 2.75) is 57.0 Å².